The SMILES string of the molecule is Cc1ccc(-c2cc(C(=O)N[C@H](C)CN3CCN(S(C)(=O)=O)CC3)cc(-n3cnnn3)c2)nc1. The first-order chi connectivity index (χ1) is 16.2. The van der Waals surface area contributed by atoms with Crippen molar-refractivity contribution in [2.45, 2.75) is 19.9 Å². The molecule has 0 aliphatic carbocycles. The summed E-state index contributed by atoms with van der Waals surface area (Å²) >= 11 is 0. The van der Waals surface area contributed by atoms with E-state index in [0.29, 0.717) is 44.0 Å². The lowest BCUT2D eigenvalue weighted by atomic mass is 10.0. The number of aryl methyl sites for hydroxylation is 1. The van der Waals surface area contributed by atoms with Gasteiger partial charge in [0, 0.05) is 56.1 Å². The van der Waals surface area contributed by atoms with E-state index in [0.717, 1.165) is 16.8 Å². The number of benzene rings is 1. The predicted molar refractivity (Wildman–Crippen MR) is 127 cm³/mol. The Labute approximate surface area is 198 Å². The van der Waals surface area contributed by atoms with Gasteiger partial charge in [-0.3, -0.25) is 14.7 Å². The third kappa shape index (κ3) is 5.82. The molecule has 0 saturated carbocycles. The fourth-order valence-electron chi connectivity index (χ4n) is 3.92. The van der Waals surface area contributed by atoms with Crippen molar-refractivity contribution in [1.82, 2.24) is 39.7 Å². The summed E-state index contributed by atoms with van der Waals surface area (Å²) in [5, 5.41) is 14.4. The van der Waals surface area contributed by atoms with Crippen molar-refractivity contribution < 1.29 is 13.2 Å². The second-order valence-electron chi connectivity index (χ2n) is 8.58. The molecule has 0 spiro atoms. The van der Waals surface area contributed by atoms with Gasteiger partial charge in [-0.25, -0.2) is 13.1 Å². The van der Waals surface area contributed by atoms with Crippen molar-refractivity contribution in [3.63, 3.8) is 0 Å². The maximum atomic E-state index is 13.1. The second kappa shape index (κ2) is 9.95. The van der Waals surface area contributed by atoms with Gasteiger partial charge in [0.1, 0.15) is 6.33 Å². The summed E-state index contributed by atoms with van der Waals surface area (Å²) in [6, 6.07) is 9.18. The number of amides is 1. The van der Waals surface area contributed by atoms with Crippen LogP contribution in [0.5, 0.6) is 0 Å². The number of sulfonamides is 1. The van der Waals surface area contributed by atoms with Crippen molar-refractivity contribution in [2.24, 2.45) is 0 Å². The van der Waals surface area contributed by atoms with Crippen LogP contribution in [0.15, 0.2) is 42.9 Å². The van der Waals surface area contributed by atoms with Crippen LogP contribution in [0, 0.1) is 6.92 Å². The van der Waals surface area contributed by atoms with Crippen molar-refractivity contribution in [3.8, 4) is 16.9 Å². The van der Waals surface area contributed by atoms with Crippen LogP contribution >= 0.6 is 0 Å². The molecule has 1 aliphatic heterocycles. The highest BCUT2D eigenvalue weighted by molar-refractivity contribution is 7.88. The van der Waals surface area contributed by atoms with Crippen LogP contribution < -0.4 is 5.32 Å². The molecule has 1 N–H and O–H groups in total. The monoisotopic (exact) mass is 484 g/mol. The molecule has 0 unspecified atom stereocenters. The van der Waals surface area contributed by atoms with Crippen LogP contribution in [0.2, 0.25) is 0 Å². The van der Waals surface area contributed by atoms with Crippen molar-refractivity contribution in [1.29, 1.82) is 0 Å². The quantitative estimate of drug-likeness (QED) is 0.520. The van der Waals surface area contributed by atoms with Crippen LogP contribution in [-0.2, 0) is 10.0 Å². The Kier molecular flexibility index (Phi) is 7.00. The van der Waals surface area contributed by atoms with Crippen LogP contribution in [0.1, 0.15) is 22.8 Å². The predicted octanol–water partition coefficient (Wildman–Crippen LogP) is 0.728. The van der Waals surface area contributed by atoms with Crippen LogP contribution in [0.4, 0.5) is 0 Å². The third-order valence-corrected chi connectivity index (χ3v) is 7.01. The summed E-state index contributed by atoms with van der Waals surface area (Å²) in [6.07, 6.45) is 4.49. The molecule has 1 aromatic carbocycles. The average Bonchev–Trinajstić information content (AvgIpc) is 3.34. The van der Waals surface area contributed by atoms with Crippen molar-refractivity contribution >= 4 is 15.9 Å². The largest absolute Gasteiger partial charge is 0.348 e. The van der Waals surface area contributed by atoms with E-state index in [-0.39, 0.29) is 11.9 Å². The summed E-state index contributed by atoms with van der Waals surface area (Å²) < 4.78 is 26.4. The van der Waals surface area contributed by atoms with Crippen LogP contribution in [0.25, 0.3) is 16.9 Å². The highest BCUT2D eigenvalue weighted by Gasteiger charge is 2.24. The Bertz CT molecular complexity index is 1240. The molecule has 1 aliphatic rings. The third-order valence-electron chi connectivity index (χ3n) is 5.71. The van der Waals surface area contributed by atoms with E-state index in [1.54, 1.807) is 18.3 Å². The molecule has 4 rings (SSSR count). The minimum Gasteiger partial charge on any atom is -0.348 e. The van der Waals surface area contributed by atoms with Gasteiger partial charge in [-0.15, -0.1) is 5.10 Å². The standard InChI is InChI=1S/C22H28N8O3S/c1-16-4-5-21(23-13-16)18-10-19(12-20(11-18)30-15-24-26-27-30)22(31)25-17(2)14-28-6-8-29(9-7-28)34(3,32)33/h4-5,10-13,15,17H,6-9,14H2,1-3H3,(H,25,31)/t17-/m1/s1. The number of piperazine rings is 1. The molecule has 180 valence electrons. The summed E-state index contributed by atoms with van der Waals surface area (Å²) in [5.74, 6) is -0.217. The lowest BCUT2D eigenvalue weighted by Crippen LogP contribution is -2.51. The van der Waals surface area contributed by atoms with E-state index >= 15 is 0 Å². The number of carbonyl (C=O) groups excluding carboxylic acids is 1. The van der Waals surface area contributed by atoms with E-state index in [4.69, 9.17) is 0 Å². The molecule has 2 aromatic heterocycles. The molecular weight excluding hydrogens is 456 g/mol. The van der Waals surface area contributed by atoms with Crippen LogP contribution in [-0.4, -0.2) is 93.7 Å². The van der Waals surface area contributed by atoms with Gasteiger partial charge in [-0.05, 0) is 54.1 Å². The first kappa shape index (κ1) is 23.9. The van der Waals surface area contributed by atoms with Crippen molar-refractivity contribution in [2.75, 3.05) is 39.0 Å². The topological polar surface area (TPSA) is 126 Å². The van der Waals surface area contributed by atoms with Gasteiger partial charge in [0.25, 0.3) is 5.91 Å². The summed E-state index contributed by atoms with van der Waals surface area (Å²) in [4.78, 5) is 19.8. The number of pyridine rings is 1. The number of tetrazole rings is 1. The lowest BCUT2D eigenvalue weighted by Gasteiger charge is -2.34. The number of nitrogens with one attached hydrogen (secondary N) is 1. The number of carbonyl (C=O) groups is 1. The Balaban J connectivity index is 1.48. The molecule has 1 fully saturated rings. The minimum absolute atomic E-state index is 0.130. The first-order valence-electron chi connectivity index (χ1n) is 11.0. The Morgan fingerprint density at radius 1 is 1.15 bits per heavy atom. The highest BCUT2D eigenvalue weighted by atomic mass is 32.2. The molecule has 3 heterocycles. The molecule has 12 heteroatoms. The molecule has 34 heavy (non-hydrogen) atoms. The molecule has 1 atom stereocenters. The van der Waals surface area contributed by atoms with Gasteiger partial charge < -0.3 is 5.32 Å². The molecule has 0 bridgehead atoms. The molecular formula is C22H28N8O3S. The maximum absolute atomic E-state index is 13.1. The van der Waals surface area contributed by atoms with E-state index in [1.807, 2.05) is 32.0 Å². The van der Waals surface area contributed by atoms with Gasteiger partial charge in [0.2, 0.25) is 10.0 Å². The highest BCUT2D eigenvalue weighted by Crippen LogP contribution is 2.23. The fourth-order valence-corrected chi connectivity index (χ4v) is 4.75. The van der Waals surface area contributed by atoms with Crippen LogP contribution in [0.3, 0.4) is 0 Å². The second-order valence-corrected chi connectivity index (χ2v) is 10.6. The summed E-state index contributed by atoms with van der Waals surface area (Å²) in [6.45, 7) is 6.71. The molecule has 11 nitrogen and oxygen atoms in total. The van der Waals surface area contributed by atoms with Gasteiger partial charge >= 0.3 is 0 Å². The van der Waals surface area contributed by atoms with Crippen molar-refractivity contribution in [3.05, 3.63) is 54.0 Å². The lowest BCUT2D eigenvalue weighted by molar-refractivity contribution is 0.0922. The van der Waals surface area contributed by atoms with E-state index in [9.17, 15) is 13.2 Å². The fraction of sp³-hybridized carbons (Fsp3) is 0.409. The number of nitrogens with zero attached hydrogens (tertiary/aromatic N) is 7. The first-order valence-corrected chi connectivity index (χ1v) is 12.8. The van der Waals surface area contributed by atoms with E-state index < -0.39 is 10.0 Å². The molecule has 0 radical (unpaired) electrons. The van der Waals surface area contributed by atoms with Gasteiger partial charge in [0.05, 0.1) is 17.6 Å². The summed E-state index contributed by atoms with van der Waals surface area (Å²) in [5.41, 5.74) is 3.69. The Morgan fingerprint density at radius 2 is 1.91 bits per heavy atom. The number of hydrogen-bond donors (Lipinski definition) is 1. The maximum Gasteiger partial charge on any atom is 0.251 e. The van der Waals surface area contributed by atoms with E-state index in [1.165, 1.54) is 21.6 Å². The van der Waals surface area contributed by atoms with Gasteiger partial charge in [-0.2, -0.15) is 4.31 Å². The molecule has 1 amide bonds. The Hall–Kier alpha value is -3.22. The van der Waals surface area contributed by atoms with Gasteiger partial charge in [0.15, 0.2) is 0 Å². The normalized spacial score (nSPS) is 16.3. The smallest absolute Gasteiger partial charge is 0.251 e. The number of hydrogen-bond acceptors (Lipinski definition) is 8. The molecule has 3 aromatic rings. The Morgan fingerprint density at radius 3 is 2.53 bits per heavy atom. The van der Waals surface area contributed by atoms with E-state index in [2.05, 4.69) is 30.7 Å². The number of aromatic nitrogens is 5. The minimum atomic E-state index is -3.17. The zero-order chi connectivity index (χ0) is 24.3. The zero-order valence-corrected chi connectivity index (χ0v) is 20.2. The average molecular weight is 485 g/mol. The summed E-state index contributed by atoms with van der Waals surface area (Å²) in [7, 11) is -3.17. The number of rotatable bonds is 7. The van der Waals surface area contributed by atoms with Gasteiger partial charge in [-0.1, -0.05) is 6.07 Å². The zero-order valence-electron chi connectivity index (χ0n) is 19.4. The molecule has 1 saturated heterocycles.